The molecule has 6 rings (SSSR count). The summed E-state index contributed by atoms with van der Waals surface area (Å²) in [5.74, 6) is 0.979. The number of hydrogen-bond donors (Lipinski definition) is 1. The number of aromatic amines is 1. The van der Waals surface area contributed by atoms with Crippen LogP contribution < -0.4 is 14.5 Å². The van der Waals surface area contributed by atoms with Crippen LogP contribution in [0.5, 0.6) is 6.01 Å². The average molecular weight is 558 g/mol. The summed E-state index contributed by atoms with van der Waals surface area (Å²) in [5, 5.41) is 1.25. The number of carbonyl (C=O) groups excluding carboxylic acids is 1. The smallest absolute Gasteiger partial charge is 0.318 e. The van der Waals surface area contributed by atoms with Gasteiger partial charge in [0.25, 0.3) is 0 Å². The van der Waals surface area contributed by atoms with Crippen LogP contribution in [-0.4, -0.2) is 89.1 Å². The van der Waals surface area contributed by atoms with E-state index in [4.69, 9.17) is 14.7 Å². The second-order valence-corrected chi connectivity index (χ2v) is 11.9. The average Bonchev–Trinajstić information content (AvgIpc) is 3.63. The molecular formula is C32H43N7O2. The number of ether oxygens (including phenoxy) is 1. The minimum Gasteiger partial charge on any atom is -0.462 e. The van der Waals surface area contributed by atoms with E-state index in [9.17, 15) is 4.79 Å². The maximum atomic E-state index is 12.5. The van der Waals surface area contributed by atoms with Crippen molar-refractivity contribution in [3.8, 4) is 6.01 Å². The van der Waals surface area contributed by atoms with E-state index in [1.807, 2.05) is 11.1 Å². The number of aryl methyl sites for hydroxylation is 1. The molecule has 5 heterocycles. The minimum atomic E-state index is 0.00570. The summed E-state index contributed by atoms with van der Waals surface area (Å²) >= 11 is 0. The number of nitrogens with zero attached hydrogens (tertiary/aromatic N) is 6. The van der Waals surface area contributed by atoms with Gasteiger partial charge in [0.05, 0.1) is 12.2 Å². The molecule has 0 saturated carbocycles. The van der Waals surface area contributed by atoms with Crippen LogP contribution in [0.4, 0.5) is 11.5 Å². The second-order valence-electron chi connectivity index (χ2n) is 11.9. The summed E-state index contributed by atoms with van der Waals surface area (Å²) < 4.78 is 6.34. The molecule has 0 spiro atoms. The quantitative estimate of drug-likeness (QED) is 0.436. The van der Waals surface area contributed by atoms with Gasteiger partial charge in [-0.15, -0.1) is 0 Å². The van der Waals surface area contributed by atoms with Gasteiger partial charge in [-0.2, -0.15) is 9.97 Å². The molecule has 1 amide bonds. The molecule has 0 radical (unpaired) electrons. The van der Waals surface area contributed by atoms with Crippen molar-refractivity contribution in [2.75, 3.05) is 56.2 Å². The van der Waals surface area contributed by atoms with E-state index < -0.39 is 0 Å². The van der Waals surface area contributed by atoms with Crippen molar-refractivity contribution in [3.63, 3.8) is 0 Å². The van der Waals surface area contributed by atoms with Crippen LogP contribution in [0.25, 0.3) is 10.9 Å². The number of likely N-dealkylation sites (tertiary alicyclic amines) is 1. The molecule has 218 valence electrons. The molecule has 2 saturated heterocycles. The molecule has 3 aliphatic rings. The predicted octanol–water partition coefficient (Wildman–Crippen LogP) is 4.22. The zero-order valence-electron chi connectivity index (χ0n) is 24.9. The Bertz CT molecular complexity index is 1450. The van der Waals surface area contributed by atoms with Crippen LogP contribution in [0.3, 0.4) is 0 Å². The van der Waals surface area contributed by atoms with Crippen molar-refractivity contribution < 1.29 is 9.53 Å². The van der Waals surface area contributed by atoms with Gasteiger partial charge in [-0.3, -0.25) is 4.79 Å². The van der Waals surface area contributed by atoms with E-state index in [2.05, 4.69) is 66.2 Å². The third-order valence-corrected chi connectivity index (χ3v) is 9.47. The topological polar surface area (TPSA) is 80.8 Å². The Balaban J connectivity index is 1.34. The molecule has 9 heteroatoms. The first-order chi connectivity index (χ1) is 19.9. The molecule has 0 aliphatic carbocycles. The maximum Gasteiger partial charge on any atom is 0.318 e. The molecule has 2 atom stereocenters. The molecule has 2 fully saturated rings. The number of fused-ring (bicyclic) bond motifs is 2. The largest absolute Gasteiger partial charge is 0.462 e. The van der Waals surface area contributed by atoms with Gasteiger partial charge in [-0.1, -0.05) is 13.5 Å². The van der Waals surface area contributed by atoms with Crippen LogP contribution in [-0.2, 0) is 17.8 Å². The Hall–Kier alpha value is -3.59. The highest BCUT2D eigenvalue weighted by molar-refractivity contribution is 5.95. The fraction of sp³-hybridized carbons (Fsp3) is 0.531. The van der Waals surface area contributed by atoms with Gasteiger partial charge in [0.1, 0.15) is 12.4 Å². The number of nitrogens with one attached hydrogen (secondary N) is 1. The zero-order valence-corrected chi connectivity index (χ0v) is 24.9. The Morgan fingerprint density at radius 3 is 2.78 bits per heavy atom. The van der Waals surface area contributed by atoms with Crippen LogP contribution >= 0.6 is 0 Å². The van der Waals surface area contributed by atoms with Gasteiger partial charge in [-0.05, 0) is 82.5 Å². The highest BCUT2D eigenvalue weighted by Crippen LogP contribution is 2.37. The molecule has 2 aromatic heterocycles. The molecule has 0 bridgehead atoms. The van der Waals surface area contributed by atoms with Gasteiger partial charge in [-0.25, -0.2) is 0 Å². The summed E-state index contributed by atoms with van der Waals surface area (Å²) in [7, 11) is 2.17. The number of H-pyrrole nitrogens is 1. The van der Waals surface area contributed by atoms with Gasteiger partial charge in [0.2, 0.25) is 5.91 Å². The Kier molecular flexibility index (Phi) is 7.64. The first-order valence-electron chi connectivity index (χ1n) is 15.1. The monoisotopic (exact) mass is 557 g/mol. The van der Waals surface area contributed by atoms with Gasteiger partial charge in [0, 0.05) is 66.6 Å². The molecular weight excluding hydrogens is 514 g/mol. The minimum absolute atomic E-state index is 0.00570. The van der Waals surface area contributed by atoms with Crippen LogP contribution in [0.15, 0.2) is 31.0 Å². The highest BCUT2D eigenvalue weighted by atomic mass is 16.5. The fourth-order valence-electron chi connectivity index (χ4n) is 6.90. The number of aromatic nitrogens is 3. The number of piperazine rings is 1. The lowest BCUT2D eigenvalue weighted by Gasteiger charge is -2.42. The SMILES string of the molecule is C=CC(=O)N1CCN(c2nc(OC[C@@H]3CCCN3C)nc3c2CCN(c2c(C)c(C)cc4[nH]ccc24)C3)C[C@@H]1CC. The number of likely N-dealkylation sites (N-methyl/N-ethyl adjacent to an activating group) is 1. The van der Waals surface area contributed by atoms with Gasteiger partial charge >= 0.3 is 6.01 Å². The first kappa shape index (κ1) is 27.6. The van der Waals surface area contributed by atoms with Crippen molar-refractivity contribution in [2.24, 2.45) is 0 Å². The Morgan fingerprint density at radius 2 is 2.02 bits per heavy atom. The number of carbonyl (C=O) groups is 1. The van der Waals surface area contributed by atoms with Crippen molar-refractivity contribution in [2.45, 2.75) is 65.1 Å². The molecule has 1 N–H and O–H groups in total. The Morgan fingerprint density at radius 1 is 1.17 bits per heavy atom. The second kappa shape index (κ2) is 11.4. The van der Waals surface area contributed by atoms with Crippen molar-refractivity contribution in [3.05, 3.63) is 53.4 Å². The highest BCUT2D eigenvalue weighted by Gasteiger charge is 2.33. The van der Waals surface area contributed by atoms with E-state index in [-0.39, 0.29) is 11.9 Å². The number of anilines is 2. The zero-order chi connectivity index (χ0) is 28.7. The van der Waals surface area contributed by atoms with Gasteiger partial charge < -0.3 is 29.3 Å². The Labute approximate surface area is 243 Å². The summed E-state index contributed by atoms with van der Waals surface area (Å²) in [5.41, 5.74) is 7.29. The molecule has 3 aliphatic heterocycles. The normalized spacial score (nSPS) is 21.4. The van der Waals surface area contributed by atoms with Crippen LogP contribution in [0.1, 0.15) is 48.6 Å². The van der Waals surface area contributed by atoms with Crippen molar-refractivity contribution in [1.29, 1.82) is 0 Å². The lowest BCUT2D eigenvalue weighted by Crippen LogP contribution is -2.55. The standard InChI is InChI=1S/C32H43N7O2/c1-6-23-18-38(15-16-39(23)29(40)7-2)31-26-11-14-37(30-22(4)21(3)17-27-25(30)10-12-33-27)19-28(26)34-32(35-31)41-20-24-9-8-13-36(24)5/h7,10,12,17,23-24,33H,2,6,8-9,11,13-16,18-20H2,1,3-5H3/t23-,24-/m0/s1. The lowest BCUT2D eigenvalue weighted by molar-refractivity contribution is -0.128. The number of rotatable bonds is 7. The molecule has 3 aromatic rings. The third-order valence-electron chi connectivity index (χ3n) is 9.47. The summed E-state index contributed by atoms with van der Waals surface area (Å²) in [6.07, 6.45) is 7.54. The van der Waals surface area contributed by atoms with E-state index >= 15 is 0 Å². The number of amides is 1. The molecule has 0 unspecified atom stereocenters. The third kappa shape index (κ3) is 5.16. The molecule has 41 heavy (non-hydrogen) atoms. The number of hydrogen-bond acceptors (Lipinski definition) is 7. The van der Waals surface area contributed by atoms with E-state index in [1.165, 1.54) is 45.8 Å². The van der Waals surface area contributed by atoms with Crippen molar-refractivity contribution >= 4 is 28.3 Å². The first-order valence-corrected chi connectivity index (χ1v) is 15.1. The molecule has 9 nitrogen and oxygen atoms in total. The number of benzene rings is 1. The lowest BCUT2D eigenvalue weighted by atomic mass is 9.99. The van der Waals surface area contributed by atoms with Crippen LogP contribution in [0.2, 0.25) is 0 Å². The predicted molar refractivity (Wildman–Crippen MR) is 164 cm³/mol. The summed E-state index contributed by atoms with van der Waals surface area (Å²) in [6.45, 7) is 15.7. The molecule has 1 aromatic carbocycles. The van der Waals surface area contributed by atoms with E-state index in [0.29, 0.717) is 31.7 Å². The van der Waals surface area contributed by atoms with Crippen molar-refractivity contribution in [1.82, 2.24) is 24.8 Å². The van der Waals surface area contributed by atoms with E-state index in [1.54, 1.807) is 0 Å². The summed E-state index contributed by atoms with van der Waals surface area (Å²) in [4.78, 5) is 35.2. The van der Waals surface area contributed by atoms with Crippen LogP contribution in [0, 0.1) is 13.8 Å². The maximum absolute atomic E-state index is 12.5. The fourth-order valence-corrected chi connectivity index (χ4v) is 6.90. The van der Waals surface area contributed by atoms with E-state index in [0.717, 1.165) is 57.0 Å². The van der Waals surface area contributed by atoms with Gasteiger partial charge in [0.15, 0.2) is 0 Å². The summed E-state index contributed by atoms with van der Waals surface area (Å²) in [6, 6.07) is 5.39.